The van der Waals surface area contributed by atoms with Gasteiger partial charge in [0.1, 0.15) is 0 Å². The summed E-state index contributed by atoms with van der Waals surface area (Å²) in [7, 11) is 0. The molecular weight excluding hydrogens is 284 g/mol. The van der Waals surface area contributed by atoms with Crippen molar-refractivity contribution in [3.63, 3.8) is 0 Å². The summed E-state index contributed by atoms with van der Waals surface area (Å²) in [4.78, 5) is 23.0. The average Bonchev–Trinajstić information content (AvgIpc) is 2.95. The highest BCUT2D eigenvalue weighted by Gasteiger charge is 2.29. The smallest absolute Gasteiger partial charge is 0.358 e. The second-order valence-electron chi connectivity index (χ2n) is 6.35. The molecule has 0 spiro atoms. The van der Waals surface area contributed by atoms with E-state index in [1.165, 1.54) is 6.20 Å². The first-order chi connectivity index (χ1) is 10.5. The zero-order chi connectivity index (χ0) is 16.1. The Morgan fingerprint density at radius 3 is 2.77 bits per heavy atom. The van der Waals surface area contributed by atoms with Gasteiger partial charge in [0.15, 0.2) is 5.69 Å². The number of amides is 1. The zero-order valence-corrected chi connectivity index (χ0v) is 13.2. The summed E-state index contributed by atoms with van der Waals surface area (Å²) >= 11 is 0. The van der Waals surface area contributed by atoms with Crippen molar-refractivity contribution in [1.29, 1.82) is 0 Å². The second kappa shape index (κ2) is 7.38. The number of aromatic nitrogens is 3. The lowest BCUT2D eigenvalue weighted by atomic mass is 9.90. The highest BCUT2D eigenvalue weighted by Crippen LogP contribution is 2.28. The number of carbonyl (C=O) groups excluding carboxylic acids is 1. The van der Waals surface area contributed by atoms with Crippen LogP contribution in [0.2, 0.25) is 0 Å². The Morgan fingerprint density at radius 2 is 2.14 bits per heavy atom. The normalized spacial score (nSPS) is 21.8. The van der Waals surface area contributed by atoms with Gasteiger partial charge in [0.25, 0.3) is 0 Å². The molecule has 7 heteroatoms. The molecule has 1 heterocycles. The molecule has 2 N–H and O–H groups in total. The van der Waals surface area contributed by atoms with Gasteiger partial charge >= 0.3 is 5.97 Å². The standard InChI is InChI=1S/C15H24N4O3/c1-10(2)7-8-14(20)16-11-5-3-4-6-13(11)19-9-12(15(21)22)17-18-19/h9-11,13H,3-8H2,1-2H3,(H,16,20)(H,21,22)/t11-,13+/m1/s1. The second-order valence-corrected chi connectivity index (χ2v) is 6.35. The van der Waals surface area contributed by atoms with E-state index in [-0.39, 0.29) is 23.7 Å². The van der Waals surface area contributed by atoms with E-state index < -0.39 is 5.97 Å². The molecule has 1 aliphatic rings. The van der Waals surface area contributed by atoms with Gasteiger partial charge in [-0.2, -0.15) is 0 Å². The van der Waals surface area contributed by atoms with Crippen molar-refractivity contribution in [2.75, 3.05) is 0 Å². The van der Waals surface area contributed by atoms with E-state index >= 15 is 0 Å². The van der Waals surface area contributed by atoms with Crippen LogP contribution in [0.1, 0.15) is 68.9 Å². The molecule has 1 saturated carbocycles. The van der Waals surface area contributed by atoms with E-state index in [4.69, 9.17) is 5.11 Å². The predicted octanol–water partition coefficient (Wildman–Crippen LogP) is 2.01. The lowest BCUT2D eigenvalue weighted by molar-refractivity contribution is -0.122. The van der Waals surface area contributed by atoms with Crippen LogP contribution in [0, 0.1) is 5.92 Å². The van der Waals surface area contributed by atoms with E-state index in [9.17, 15) is 9.59 Å². The maximum Gasteiger partial charge on any atom is 0.358 e. The van der Waals surface area contributed by atoms with Crippen molar-refractivity contribution < 1.29 is 14.7 Å². The Labute approximate surface area is 130 Å². The lowest BCUT2D eigenvalue weighted by Crippen LogP contribution is -2.43. The van der Waals surface area contributed by atoms with Crippen molar-refractivity contribution in [2.45, 2.75) is 64.5 Å². The molecule has 122 valence electrons. The first kappa shape index (κ1) is 16.5. The monoisotopic (exact) mass is 308 g/mol. The van der Waals surface area contributed by atoms with E-state index in [1.807, 2.05) is 0 Å². The minimum Gasteiger partial charge on any atom is -0.476 e. The molecule has 0 unspecified atom stereocenters. The first-order valence-electron chi connectivity index (χ1n) is 7.92. The minimum atomic E-state index is -1.08. The number of nitrogens with zero attached hydrogens (tertiary/aromatic N) is 3. The number of rotatable bonds is 6. The Hall–Kier alpha value is -1.92. The van der Waals surface area contributed by atoms with Crippen molar-refractivity contribution in [1.82, 2.24) is 20.3 Å². The third-order valence-electron chi connectivity index (χ3n) is 4.09. The van der Waals surface area contributed by atoms with E-state index in [2.05, 4.69) is 29.5 Å². The Kier molecular flexibility index (Phi) is 5.51. The number of hydrogen-bond donors (Lipinski definition) is 2. The molecule has 22 heavy (non-hydrogen) atoms. The summed E-state index contributed by atoms with van der Waals surface area (Å²) in [5.41, 5.74) is -0.0598. The SMILES string of the molecule is CC(C)CCC(=O)N[C@@H]1CCCC[C@@H]1n1cc(C(=O)O)nn1. The van der Waals surface area contributed by atoms with Gasteiger partial charge in [0.2, 0.25) is 5.91 Å². The minimum absolute atomic E-state index is 0.00300. The zero-order valence-electron chi connectivity index (χ0n) is 13.2. The summed E-state index contributed by atoms with van der Waals surface area (Å²) < 4.78 is 1.59. The Balaban J connectivity index is 2.01. The van der Waals surface area contributed by atoms with Crippen molar-refractivity contribution in [2.24, 2.45) is 5.92 Å². The fourth-order valence-electron chi connectivity index (χ4n) is 2.83. The number of nitrogens with one attached hydrogen (secondary N) is 1. The lowest BCUT2D eigenvalue weighted by Gasteiger charge is -2.32. The van der Waals surface area contributed by atoms with Crippen LogP contribution in [0.3, 0.4) is 0 Å². The van der Waals surface area contributed by atoms with E-state index in [1.54, 1.807) is 4.68 Å². The van der Waals surface area contributed by atoms with Gasteiger partial charge in [-0.15, -0.1) is 5.10 Å². The Morgan fingerprint density at radius 1 is 1.41 bits per heavy atom. The fraction of sp³-hybridized carbons (Fsp3) is 0.733. The van der Waals surface area contributed by atoms with E-state index in [0.717, 1.165) is 32.1 Å². The number of carboxylic acid groups (broad SMARTS) is 1. The third kappa shape index (κ3) is 4.29. The van der Waals surface area contributed by atoms with Gasteiger partial charge in [-0.25, -0.2) is 9.48 Å². The van der Waals surface area contributed by atoms with Gasteiger partial charge in [-0.1, -0.05) is 31.9 Å². The molecule has 1 aromatic heterocycles. The molecule has 1 amide bonds. The van der Waals surface area contributed by atoms with Gasteiger partial charge in [0.05, 0.1) is 18.3 Å². The number of hydrogen-bond acceptors (Lipinski definition) is 4. The fourth-order valence-corrected chi connectivity index (χ4v) is 2.83. The molecule has 0 radical (unpaired) electrons. The van der Waals surface area contributed by atoms with Crippen molar-refractivity contribution in [3.05, 3.63) is 11.9 Å². The number of carboxylic acids is 1. The molecule has 1 fully saturated rings. The maximum absolute atomic E-state index is 12.1. The summed E-state index contributed by atoms with van der Waals surface area (Å²) in [5, 5.41) is 19.6. The van der Waals surface area contributed by atoms with Crippen LogP contribution in [0.4, 0.5) is 0 Å². The maximum atomic E-state index is 12.1. The number of aromatic carboxylic acids is 1. The summed E-state index contributed by atoms with van der Waals surface area (Å²) in [6.45, 7) is 4.19. The van der Waals surface area contributed by atoms with Crippen LogP contribution in [0.5, 0.6) is 0 Å². The third-order valence-corrected chi connectivity index (χ3v) is 4.09. The quantitative estimate of drug-likeness (QED) is 0.838. The average molecular weight is 308 g/mol. The molecule has 7 nitrogen and oxygen atoms in total. The summed E-state index contributed by atoms with van der Waals surface area (Å²) in [6.07, 6.45) is 6.72. The molecular formula is C15H24N4O3. The molecule has 0 aliphatic heterocycles. The summed E-state index contributed by atoms with van der Waals surface area (Å²) in [5.74, 6) is -0.523. The molecule has 1 aliphatic carbocycles. The molecule has 0 saturated heterocycles. The van der Waals surface area contributed by atoms with Gasteiger partial charge in [0, 0.05) is 6.42 Å². The highest BCUT2D eigenvalue weighted by atomic mass is 16.4. The van der Waals surface area contributed by atoms with E-state index in [0.29, 0.717) is 12.3 Å². The predicted molar refractivity (Wildman–Crippen MR) is 80.5 cm³/mol. The van der Waals surface area contributed by atoms with Crippen LogP contribution in [-0.4, -0.2) is 38.0 Å². The molecule has 0 bridgehead atoms. The molecule has 0 aromatic carbocycles. The Bertz CT molecular complexity index is 527. The van der Waals surface area contributed by atoms with Gasteiger partial charge < -0.3 is 10.4 Å². The molecule has 1 aromatic rings. The largest absolute Gasteiger partial charge is 0.476 e. The molecule has 2 rings (SSSR count). The van der Waals surface area contributed by atoms with Crippen LogP contribution >= 0.6 is 0 Å². The highest BCUT2D eigenvalue weighted by molar-refractivity contribution is 5.84. The first-order valence-corrected chi connectivity index (χ1v) is 7.92. The topological polar surface area (TPSA) is 97.1 Å². The number of carbonyl (C=O) groups is 2. The van der Waals surface area contributed by atoms with Crippen LogP contribution in [0.25, 0.3) is 0 Å². The van der Waals surface area contributed by atoms with Crippen LogP contribution in [-0.2, 0) is 4.79 Å². The van der Waals surface area contributed by atoms with Crippen molar-refractivity contribution >= 4 is 11.9 Å². The van der Waals surface area contributed by atoms with Crippen LogP contribution in [0.15, 0.2) is 6.20 Å². The summed E-state index contributed by atoms with van der Waals surface area (Å²) in [6, 6.07) is -0.0193. The van der Waals surface area contributed by atoms with Crippen molar-refractivity contribution in [3.8, 4) is 0 Å². The van der Waals surface area contributed by atoms with Gasteiger partial charge in [-0.3, -0.25) is 4.79 Å². The van der Waals surface area contributed by atoms with Gasteiger partial charge in [-0.05, 0) is 25.2 Å². The van der Waals surface area contributed by atoms with Crippen LogP contribution < -0.4 is 5.32 Å². The molecule has 2 atom stereocenters.